The van der Waals surface area contributed by atoms with Gasteiger partial charge in [-0.3, -0.25) is 14.4 Å². The van der Waals surface area contributed by atoms with Gasteiger partial charge in [0.05, 0.1) is 18.8 Å². The highest BCUT2D eigenvalue weighted by atomic mass is 16.2. The number of rotatable bonds is 7. The van der Waals surface area contributed by atoms with Crippen LogP contribution in [0.25, 0.3) is 0 Å². The normalized spacial score (nSPS) is 13.2. The number of hydrogen-bond acceptors (Lipinski definition) is 5. The van der Waals surface area contributed by atoms with Gasteiger partial charge in [-0.25, -0.2) is 9.36 Å². The SMILES string of the molecule is Cc1ccc(Cn2nc(C(=O)NCCn3nc(C4CC4)ccc3=O)ccc2=O)cc1. The predicted molar refractivity (Wildman–Crippen MR) is 112 cm³/mol. The van der Waals surface area contributed by atoms with E-state index in [9.17, 15) is 14.4 Å². The van der Waals surface area contributed by atoms with Crippen LogP contribution in [0.5, 0.6) is 0 Å². The molecule has 0 bridgehead atoms. The van der Waals surface area contributed by atoms with Crippen LogP contribution in [0.3, 0.4) is 0 Å². The van der Waals surface area contributed by atoms with E-state index < -0.39 is 5.91 Å². The first-order chi connectivity index (χ1) is 14.5. The van der Waals surface area contributed by atoms with Gasteiger partial charge in [-0.05, 0) is 37.5 Å². The molecule has 1 N–H and O–H groups in total. The summed E-state index contributed by atoms with van der Waals surface area (Å²) in [5, 5.41) is 11.3. The highest BCUT2D eigenvalue weighted by Gasteiger charge is 2.25. The zero-order valence-electron chi connectivity index (χ0n) is 16.7. The lowest BCUT2D eigenvalue weighted by Crippen LogP contribution is -2.34. The fraction of sp³-hybridized carbons (Fsp3) is 0.318. The molecule has 1 aliphatic rings. The maximum atomic E-state index is 12.5. The van der Waals surface area contributed by atoms with Crippen LogP contribution in [0.1, 0.15) is 46.1 Å². The summed E-state index contributed by atoms with van der Waals surface area (Å²) in [6.45, 7) is 2.78. The molecule has 1 amide bonds. The Bertz CT molecular complexity index is 1180. The molecule has 0 atom stereocenters. The van der Waals surface area contributed by atoms with Crippen LogP contribution in [0.4, 0.5) is 0 Å². The summed E-state index contributed by atoms with van der Waals surface area (Å²) in [6.07, 6.45) is 2.21. The van der Waals surface area contributed by atoms with Gasteiger partial charge in [0.2, 0.25) is 0 Å². The average molecular weight is 405 g/mol. The van der Waals surface area contributed by atoms with Crippen LogP contribution < -0.4 is 16.4 Å². The number of benzene rings is 1. The lowest BCUT2D eigenvalue weighted by Gasteiger charge is -2.09. The fourth-order valence-corrected chi connectivity index (χ4v) is 3.14. The first kappa shape index (κ1) is 19.8. The maximum absolute atomic E-state index is 12.5. The van der Waals surface area contributed by atoms with Gasteiger partial charge in [-0.15, -0.1) is 0 Å². The van der Waals surface area contributed by atoms with Gasteiger partial charge in [-0.2, -0.15) is 10.2 Å². The van der Waals surface area contributed by atoms with Crippen molar-refractivity contribution >= 4 is 5.91 Å². The third-order valence-electron chi connectivity index (χ3n) is 5.04. The number of nitrogens with one attached hydrogen (secondary N) is 1. The first-order valence-corrected chi connectivity index (χ1v) is 9.99. The van der Waals surface area contributed by atoms with E-state index in [1.54, 1.807) is 6.07 Å². The first-order valence-electron chi connectivity index (χ1n) is 9.99. The Balaban J connectivity index is 1.40. The maximum Gasteiger partial charge on any atom is 0.271 e. The van der Waals surface area contributed by atoms with Crippen molar-refractivity contribution in [2.24, 2.45) is 0 Å². The summed E-state index contributed by atoms with van der Waals surface area (Å²) in [4.78, 5) is 36.6. The molecule has 0 unspecified atom stereocenters. The van der Waals surface area contributed by atoms with E-state index in [0.717, 1.165) is 29.7 Å². The molecule has 0 saturated heterocycles. The van der Waals surface area contributed by atoms with Crippen molar-refractivity contribution in [3.05, 3.63) is 91.8 Å². The van der Waals surface area contributed by atoms with E-state index in [0.29, 0.717) is 5.92 Å². The highest BCUT2D eigenvalue weighted by molar-refractivity contribution is 5.91. The van der Waals surface area contributed by atoms with Gasteiger partial charge < -0.3 is 5.32 Å². The molecule has 1 aromatic carbocycles. The Kier molecular flexibility index (Phi) is 5.56. The zero-order chi connectivity index (χ0) is 21.1. The van der Waals surface area contributed by atoms with Crippen molar-refractivity contribution in [3.8, 4) is 0 Å². The van der Waals surface area contributed by atoms with Crippen LogP contribution in [-0.4, -0.2) is 32.0 Å². The van der Waals surface area contributed by atoms with E-state index in [1.807, 2.05) is 31.2 Å². The average Bonchev–Trinajstić information content (AvgIpc) is 3.58. The summed E-state index contributed by atoms with van der Waals surface area (Å²) in [6, 6.07) is 13.8. The number of carbonyl (C=O) groups excluding carboxylic acids is 1. The topological polar surface area (TPSA) is 98.9 Å². The van der Waals surface area contributed by atoms with E-state index in [2.05, 4.69) is 15.5 Å². The van der Waals surface area contributed by atoms with Crippen molar-refractivity contribution in [1.82, 2.24) is 24.9 Å². The molecule has 2 heterocycles. The van der Waals surface area contributed by atoms with Crippen molar-refractivity contribution in [2.75, 3.05) is 6.54 Å². The van der Waals surface area contributed by atoms with E-state index in [1.165, 1.54) is 27.6 Å². The van der Waals surface area contributed by atoms with E-state index >= 15 is 0 Å². The molecule has 1 saturated carbocycles. The number of aryl methyl sites for hydroxylation is 1. The molecular formula is C22H23N5O3. The molecule has 0 aliphatic heterocycles. The summed E-state index contributed by atoms with van der Waals surface area (Å²) < 4.78 is 2.64. The summed E-state index contributed by atoms with van der Waals surface area (Å²) in [5.41, 5.74) is 2.65. The van der Waals surface area contributed by atoms with Crippen LogP contribution in [0.2, 0.25) is 0 Å². The second-order valence-corrected chi connectivity index (χ2v) is 7.55. The second-order valence-electron chi connectivity index (χ2n) is 7.55. The number of carbonyl (C=O) groups is 1. The minimum atomic E-state index is -0.404. The molecule has 4 rings (SSSR count). The standard InChI is InChI=1S/C22H23N5O3/c1-15-2-4-16(5-3-15)14-27-21(29)11-9-19(25-27)22(30)23-12-13-26-20(28)10-8-18(24-26)17-6-7-17/h2-5,8-11,17H,6-7,12-14H2,1H3,(H,23,30). The van der Waals surface area contributed by atoms with Crippen LogP contribution in [0.15, 0.2) is 58.1 Å². The molecule has 30 heavy (non-hydrogen) atoms. The summed E-state index contributed by atoms with van der Waals surface area (Å²) in [7, 11) is 0. The monoisotopic (exact) mass is 405 g/mol. The molecule has 8 nitrogen and oxygen atoms in total. The van der Waals surface area contributed by atoms with Gasteiger partial charge >= 0.3 is 0 Å². The Labute approximate surface area is 173 Å². The minimum absolute atomic E-state index is 0.147. The van der Waals surface area contributed by atoms with Crippen LogP contribution in [0, 0.1) is 6.92 Å². The number of hydrogen-bond donors (Lipinski definition) is 1. The Morgan fingerprint density at radius 2 is 1.67 bits per heavy atom. The zero-order valence-corrected chi connectivity index (χ0v) is 16.7. The van der Waals surface area contributed by atoms with Crippen molar-refractivity contribution in [2.45, 2.75) is 38.8 Å². The lowest BCUT2D eigenvalue weighted by molar-refractivity contribution is 0.0944. The van der Waals surface area contributed by atoms with Gasteiger partial charge in [0.15, 0.2) is 0 Å². The van der Waals surface area contributed by atoms with Crippen LogP contribution in [-0.2, 0) is 13.1 Å². The number of nitrogens with zero attached hydrogens (tertiary/aromatic N) is 4. The fourth-order valence-electron chi connectivity index (χ4n) is 3.14. The largest absolute Gasteiger partial charge is 0.349 e. The molecule has 0 spiro atoms. The molecule has 3 aromatic rings. The summed E-state index contributed by atoms with van der Waals surface area (Å²) >= 11 is 0. The molecule has 0 radical (unpaired) electrons. The van der Waals surface area contributed by atoms with Crippen molar-refractivity contribution < 1.29 is 4.79 Å². The predicted octanol–water partition coefficient (Wildman–Crippen LogP) is 1.46. The minimum Gasteiger partial charge on any atom is -0.349 e. The highest BCUT2D eigenvalue weighted by Crippen LogP contribution is 2.38. The molecule has 8 heteroatoms. The lowest BCUT2D eigenvalue weighted by atomic mass is 10.1. The van der Waals surface area contributed by atoms with Gasteiger partial charge in [0.25, 0.3) is 17.0 Å². The van der Waals surface area contributed by atoms with Crippen LogP contribution >= 0.6 is 0 Å². The number of amides is 1. The Morgan fingerprint density at radius 1 is 0.967 bits per heavy atom. The molecule has 2 aromatic heterocycles. The van der Waals surface area contributed by atoms with Crippen molar-refractivity contribution in [1.29, 1.82) is 0 Å². The Morgan fingerprint density at radius 3 is 2.40 bits per heavy atom. The van der Waals surface area contributed by atoms with Gasteiger partial charge in [-0.1, -0.05) is 29.8 Å². The molecular weight excluding hydrogens is 382 g/mol. The molecule has 1 fully saturated rings. The van der Waals surface area contributed by atoms with Gasteiger partial charge in [0, 0.05) is 24.6 Å². The molecule has 154 valence electrons. The van der Waals surface area contributed by atoms with Crippen molar-refractivity contribution in [3.63, 3.8) is 0 Å². The second kappa shape index (κ2) is 8.44. The summed E-state index contributed by atoms with van der Waals surface area (Å²) in [5.74, 6) is 0.0456. The third-order valence-corrected chi connectivity index (χ3v) is 5.04. The van der Waals surface area contributed by atoms with E-state index in [4.69, 9.17) is 0 Å². The smallest absolute Gasteiger partial charge is 0.271 e. The Hall–Kier alpha value is -3.55. The van der Waals surface area contributed by atoms with Gasteiger partial charge in [0.1, 0.15) is 5.69 Å². The molecule has 1 aliphatic carbocycles. The quantitative estimate of drug-likeness (QED) is 0.642. The number of aromatic nitrogens is 4. The third kappa shape index (κ3) is 4.71. The van der Waals surface area contributed by atoms with E-state index in [-0.39, 0.29) is 36.4 Å².